The van der Waals surface area contributed by atoms with Crippen LogP contribution in [-0.2, 0) is 11.5 Å². The van der Waals surface area contributed by atoms with Gasteiger partial charge in [-0.1, -0.05) is 19.6 Å². The summed E-state index contributed by atoms with van der Waals surface area (Å²) in [5.74, 6) is 0.816. The van der Waals surface area contributed by atoms with Gasteiger partial charge in [-0.25, -0.2) is 0 Å². The number of aromatic nitrogens is 1. The SMILES string of the molecule is COc1ccc(-c2cc3c(s2)c(=O)n(COCC[Si](C)(C)C)c2ccc(N4CC[C@@H](N)C4)cc32)cc1. The maximum Gasteiger partial charge on any atom is 0.270 e. The number of ether oxygens (including phenoxy) is 2. The zero-order chi connectivity index (χ0) is 25.4. The van der Waals surface area contributed by atoms with Crippen LogP contribution < -0.4 is 20.9 Å². The minimum Gasteiger partial charge on any atom is -0.497 e. The molecule has 2 aromatic carbocycles. The van der Waals surface area contributed by atoms with Gasteiger partial charge in [0.1, 0.15) is 17.2 Å². The summed E-state index contributed by atoms with van der Waals surface area (Å²) in [4.78, 5) is 17.1. The summed E-state index contributed by atoms with van der Waals surface area (Å²) in [5, 5.41) is 2.07. The number of thiophene rings is 1. The van der Waals surface area contributed by atoms with Crippen LogP contribution in [-0.4, -0.2) is 45.5 Å². The molecule has 5 rings (SSSR count). The third kappa shape index (κ3) is 5.09. The molecule has 0 radical (unpaired) electrons. The van der Waals surface area contributed by atoms with E-state index in [1.807, 2.05) is 24.3 Å². The molecular formula is C28H35N3O3SSi. The topological polar surface area (TPSA) is 69.7 Å². The first kappa shape index (κ1) is 25.0. The predicted octanol–water partition coefficient (Wildman–Crippen LogP) is 5.74. The van der Waals surface area contributed by atoms with Gasteiger partial charge in [-0.15, -0.1) is 11.3 Å². The fourth-order valence-electron chi connectivity index (χ4n) is 4.74. The number of pyridine rings is 1. The molecule has 3 heterocycles. The van der Waals surface area contributed by atoms with Crippen LogP contribution >= 0.6 is 11.3 Å². The first-order valence-corrected chi connectivity index (χ1v) is 17.1. The van der Waals surface area contributed by atoms with Crippen molar-refractivity contribution in [3.05, 3.63) is 58.9 Å². The molecule has 1 aliphatic heterocycles. The van der Waals surface area contributed by atoms with Gasteiger partial charge < -0.3 is 20.1 Å². The largest absolute Gasteiger partial charge is 0.497 e. The van der Waals surface area contributed by atoms with Crippen molar-refractivity contribution in [1.82, 2.24) is 4.57 Å². The van der Waals surface area contributed by atoms with Crippen LogP contribution in [0.2, 0.25) is 25.7 Å². The van der Waals surface area contributed by atoms with Crippen LogP contribution in [0.3, 0.4) is 0 Å². The molecule has 0 bridgehead atoms. The van der Waals surface area contributed by atoms with Gasteiger partial charge in [0, 0.05) is 55.1 Å². The lowest BCUT2D eigenvalue weighted by atomic mass is 10.1. The van der Waals surface area contributed by atoms with Crippen molar-refractivity contribution >= 4 is 46.1 Å². The summed E-state index contributed by atoms with van der Waals surface area (Å²) in [6.07, 6.45) is 0.998. The van der Waals surface area contributed by atoms with E-state index in [-0.39, 0.29) is 18.3 Å². The number of hydrogen-bond acceptors (Lipinski definition) is 6. The van der Waals surface area contributed by atoms with Crippen molar-refractivity contribution < 1.29 is 9.47 Å². The summed E-state index contributed by atoms with van der Waals surface area (Å²) >= 11 is 1.54. The number of anilines is 1. The van der Waals surface area contributed by atoms with Crippen LogP contribution in [0.15, 0.2) is 53.3 Å². The van der Waals surface area contributed by atoms with Crippen LogP contribution in [0.25, 0.3) is 31.4 Å². The van der Waals surface area contributed by atoms with E-state index in [9.17, 15) is 4.79 Å². The molecule has 4 aromatic rings. The highest BCUT2D eigenvalue weighted by Crippen LogP contribution is 2.37. The van der Waals surface area contributed by atoms with E-state index in [0.717, 1.165) is 68.4 Å². The Morgan fingerprint density at radius 1 is 1.08 bits per heavy atom. The molecule has 1 saturated heterocycles. The Labute approximate surface area is 217 Å². The Hall–Kier alpha value is -2.65. The summed E-state index contributed by atoms with van der Waals surface area (Å²) in [7, 11) is 0.456. The van der Waals surface area contributed by atoms with Gasteiger partial charge in [-0.3, -0.25) is 9.36 Å². The highest BCUT2D eigenvalue weighted by atomic mass is 32.1. The molecule has 2 aromatic heterocycles. The lowest BCUT2D eigenvalue weighted by molar-refractivity contribution is 0.0882. The lowest BCUT2D eigenvalue weighted by Gasteiger charge is -2.20. The number of methoxy groups -OCH3 is 1. The van der Waals surface area contributed by atoms with Crippen molar-refractivity contribution in [2.75, 3.05) is 31.7 Å². The second-order valence-corrected chi connectivity index (χ2v) is 17.5. The zero-order valence-corrected chi connectivity index (χ0v) is 23.4. The van der Waals surface area contributed by atoms with Gasteiger partial charge >= 0.3 is 0 Å². The van der Waals surface area contributed by atoms with E-state index in [1.54, 1.807) is 23.0 Å². The van der Waals surface area contributed by atoms with Crippen molar-refractivity contribution in [3.63, 3.8) is 0 Å². The number of hydrogen-bond donors (Lipinski definition) is 1. The Morgan fingerprint density at radius 3 is 2.53 bits per heavy atom. The summed E-state index contributed by atoms with van der Waals surface area (Å²) in [6.45, 7) is 9.75. The van der Waals surface area contributed by atoms with Crippen molar-refractivity contribution in [3.8, 4) is 16.2 Å². The van der Waals surface area contributed by atoms with Gasteiger partial charge in [0.15, 0.2) is 0 Å². The second kappa shape index (κ2) is 10.0. The van der Waals surface area contributed by atoms with E-state index in [4.69, 9.17) is 15.2 Å². The van der Waals surface area contributed by atoms with Crippen molar-refractivity contribution in [2.45, 2.75) is 44.9 Å². The first-order chi connectivity index (χ1) is 17.2. The number of nitrogens with zero attached hydrogens (tertiary/aromatic N) is 2. The quantitative estimate of drug-likeness (QED) is 0.236. The van der Waals surface area contributed by atoms with Gasteiger partial charge in [0.2, 0.25) is 0 Å². The average Bonchev–Trinajstić information content (AvgIpc) is 3.50. The van der Waals surface area contributed by atoms with Gasteiger partial charge in [-0.2, -0.15) is 0 Å². The van der Waals surface area contributed by atoms with Crippen LogP contribution in [0, 0.1) is 0 Å². The lowest BCUT2D eigenvalue weighted by Crippen LogP contribution is -2.26. The third-order valence-electron chi connectivity index (χ3n) is 6.91. The smallest absolute Gasteiger partial charge is 0.270 e. The standard InChI is InChI=1S/C28H35N3O3SSi/c1-33-22-8-5-19(6-9-22)26-16-24-23-15-21(30-12-11-20(29)17-30)7-10-25(23)31(28(32)27(24)35-26)18-34-13-14-36(2,3)4/h5-10,15-16,20H,11-14,17-18,29H2,1-4H3/t20-/m1/s1. The minimum absolute atomic E-state index is 0.00575. The van der Waals surface area contributed by atoms with Crippen LogP contribution in [0.5, 0.6) is 5.75 Å². The van der Waals surface area contributed by atoms with E-state index < -0.39 is 8.07 Å². The van der Waals surface area contributed by atoms with E-state index in [0.29, 0.717) is 6.61 Å². The van der Waals surface area contributed by atoms with E-state index in [2.05, 4.69) is 48.8 Å². The molecule has 0 unspecified atom stereocenters. The number of fused-ring (bicyclic) bond motifs is 3. The molecule has 1 fully saturated rings. The maximum absolute atomic E-state index is 13.7. The van der Waals surface area contributed by atoms with Crippen molar-refractivity contribution in [1.29, 1.82) is 0 Å². The average molecular weight is 522 g/mol. The Kier molecular flexibility index (Phi) is 6.96. The Bertz CT molecular complexity index is 1440. The van der Waals surface area contributed by atoms with Crippen LogP contribution in [0.4, 0.5) is 5.69 Å². The monoisotopic (exact) mass is 521 g/mol. The fraction of sp³-hybridized carbons (Fsp3) is 0.393. The first-order valence-electron chi connectivity index (χ1n) is 12.6. The van der Waals surface area contributed by atoms with Crippen molar-refractivity contribution in [2.24, 2.45) is 5.73 Å². The molecule has 1 atom stereocenters. The highest BCUT2D eigenvalue weighted by molar-refractivity contribution is 7.22. The Balaban J connectivity index is 1.61. The third-order valence-corrected chi connectivity index (χ3v) is 9.79. The molecule has 36 heavy (non-hydrogen) atoms. The molecule has 8 heteroatoms. The second-order valence-electron chi connectivity index (χ2n) is 10.9. The summed E-state index contributed by atoms with van der Waals surface area (Å²) in [5.41, 5.74) is 9.33. The summed E-state index contributed by atoms with van der Waals surface area (Å²) in [6, 6.07) is 17.8. The van der Waals surface area contributed by atoms with Crippen LogP contribution in [0.1, 0.15) is 6.42 Å². The number of nitrogens with two attached hydrogens (primary N) is 1. The molecule has 6 nitrogen and oxygen atoms in total. The molecule has 0 saturated carbocycles. The molecule has 190 valence electrons. The number of rotatable bonds is 8. The highest BCUT2D eigenvalue weighted by Gasteiger charge is 2.21. The summed E-state index contributed by atoms with van der Waals surface area (Å²) < 4.78 is 13.9. The Morgan fingerprint density at radius 2 is 1.86 bits per heavy atom. The van der Waals surface area contributed by atoms with Gasteiger partial charge in [-0.05, 0) is 66.6 Å². The van der Waals surface area contributed by atoms with Gasteiger partial charge in [0.05, 0.1) is 12.6 Å². The molecular weight excluding hydrogens is 486 g/mol. The molecule has 1 aliphatic rings. The zero-order valence-electron chi connectivity index (χ0n) is 21.5. The molecule has 0 amide bonds. The molecule has 0 aliphatic carbocycles. The van der Waals surface area contributed by atoms with E-state index >= 15 is 0 Å². The normalized spacial score (nSPS) is 16.4. The van der Waals surface area contributed by atoms with E-state index in [1.165, 1.54) is 0 Å². The molecule has 0 spiro atoms. The minimum atomic E-state index is -1.21. The number of benzene rings is 2. The fourth-order valence-corrected chi connectivity index (χ4v) is 6.62. The maximum atomic E-state index is 13.7. The molecule has 2 N–H and O–H groups in total. The van der Waals surface area contributed by atoms with Gasteiger partial charge in [0.25, 0.3) is 5.56 Å². The predicted molar refractivity (Wildman–Crippen MR) is 154 cm³/mol.